The fourth-order valence-corrected chi connectivity index (χ4v) is 1.65. The van der Waals surface area contributed by atoms with Crippen molar-refractivity contribution < 1.29 is 0 Å². The van der Waals surface area contributed by atoms with Gasteiger partial charge in [0.15, 0.2) is 0 Å². The summed E-state index contributed by atoms with van der Waals surface area (Å²) in [4.78, 5) is 0. The molecule has 0 saturated heterocycles. The van der Waals surface area contributed by atoms with E-state index in [4.69, 9.17) is 0 Å². The second kappa shape index (κ2) is 3.20. The Kier molecular flexibility index (Phi) is 1.75. The van der Waals surface area contributed by atoms with Crippen molar-refractivity contribution in [1.82, 2.24) is 14.6 Å². The summed E-state index contributed by atoms with van der Waals surface area (Å²) >= 11 is 0. The SMILES string of the molecule is c1cnnc(-c2cc3ccccn3c2)c1. The van der Waals surface area contributed by atoms with Gasteiger partial charge in [0, 0.05) is 29.7 Å². The van der Waals surface area contributed by atoms with E-state index in [1.165, 1.54) is 0 Å². The molecule has 3 aromatic rings. The van der Waals surface area contributed by atoms with Gasteiger partial charge in [0.25, 0.3) is 0 Å². The van der Waals surface area contributed by atoms with Crippen LogP contribution in [-0.4, -0.2) is 14.6 Å². The molecule has 0 aromatic carbocycles. The Labute approximate surface area is 87.0 Å². The lowest BCUT2D eigenvalue weighted by molar-refractivity contribution is 1.04. The van der Waals surface area contributed by atoms with Gasteiger partial charge in [-0.2, -0.15) is 10.2 Å². The smallest absolute Gasteiger partial charge is 0.0945 e. The maximum Gasteiger partial charge on any atom is 0.0945 e. The normalized spacial score (nSPS) is 10.7. The molecule has 0 aliphatic rings. The predicted molar refractivity (Wildman–Crippen MR) is 58.4 cm³/mol. The molecule has 0 spiro atoms. The van der Waals surface area contributed by atoms with Gasteiger partial charge in [-0.25, -0.2) is 0 Å². The topological polar surface area (TPSA) is 30.2 Å². The summed E-state index contributed by atoms with van der Waals surface area (Å²) in [6.45, 7) is 0. The van der Waals surface area contributed by atoms with Crippen LogP contribution in [-0.2, 0) is 0 Å². The molecule has 0 amide bonds. The van der Waals surface area contributed by atoms with Gasteiger partial charge >= 0.3 is 0 Å². The van der Waals surface area contributed by atoms with E-state index < -0.39 is 0 Å². The molecule has 3 heterocycles. The third kappa shape index (κ3) is 1.38. The van der Waals surface area contributed by atoms with Gasteiger partial charge in [0.2, 0.25) is 0 Å². The molecule has 15 heavy (non-hydrogen) atoms. The first kappa shape index (κ1) is 8.17. The summed E-state index contributed by atoms with van der Waals surface area (Å²) < 4.78 is 2.07. The summed E-state index contributed by atoms with van der Waals surface area (Å²) in [5.41, 5.74) is 3.16. The van der Waals surface area contributed by atoms with Crippen LogP contribution in [0.4, 0.5) is 0 Å². The lowest BCUT2D eigenvalue weighted by Crippen LogP contribution is -1.83. The average molecular weight is 195 g/mol. The molecule has 0 radical (unpaired) electrons. The molecular weight excluding hydrogens is 186 g/mol. The van der Waals surface area contributed by atoms with E-state index >= 15 is 0 Å². The van der Waals surface area contributed by atoms with Crippen LogP contribution < -0.4 is 0 Å². The number of aromatic nitrogens is 3. The van der Waals surface area contributed by atoms with Crippen LogP contribution >= 0.6 is 0 Å². The van der Waals surface area contributed by atoms with E-state index in [1.807, 2.05) is 30.5 Å². The summed E-state index contributed by atoms with van der Waals surface area (Å²) in [7, 11) is 0. The van der Waals surface area contributed by atoms with Crippen LogP contribution in [0.3, 0.4) is 0 Å². The summed E-state index contributed by atoms with van der Waals surface area (Å²) in [6.07, 6.45) is 5.76. The Morgan fingerprint density at radius 3 is 2.87 bits per heavy atom. The Morgan fingerprint density at radius 1 is 1.07 bits per heavy atom. The van der Waals surface area contributed by atoms with Crippen LogP contribution in [0.5, 0.6) is 0 Å². The molecule has 0 aliphatic heterocycles. The molecule has 72 valence electrons. The second-order valence-corrected chi connectivity index (χ2v) is 3.37. The molecule has 3 aromatic heterocycles. The van der Waals surface area contributed by atoms with Crippen molar-refractivity contribution in [3.63, 3.8) is 0 Å². The highest BCUT2D eigenvalue weighted by atomic mass is 15.1. The van der Waals surface area contributed by atoms with Crippen molar-refractivity contribution in [3.05, 3.63) is 55.0 Å². The van der Waals surface area contributed by atoms with Crippen molar-refractivity contribution in [3.8, 4) is 11.3 Å². The van der Waals surface area contributed by atoms with Crippen LogP contribution in [0, 0.1) is 0 Å². The maximum atomic E-state index is 4.08. The zero-order chi connectivity index (χ0) is 10.1. The number of pyridine rings is 1. The average Bonchev–Trinajstić information content (AvgIpc) is 2.74. The van der Waals surface area contributed by atoms with Gasteiger partial charge in [-0.05, 0) is 30.3 Å². The van der Waals surface area contributed by atoms with Crippen molar-refractivity contribution in [2.75, 3.05) is 0 Å². The monoisotopic (exact) mass is 195 g/mol. The number of rotatable bonds is 1. The Bertz CT molecular complexity index is 551. The van der Waals surface area contributed by atoms with Gasteiger partial charge in [0.1, 0.15) is 0 Å². The quantitative estimate of drug-likeness (QED) is 0.596. The predicted octanol–water partition coefficient (Wildman–Crippen LogP) is 2.40. The van der Waals surface area contributed by atoms with Crippen molar-refractivity contribution in [2.24, 2.45) is 0 Å². The number of nitrogens with zero attached hydrogens (tertiary/aromatic N) is 3. The van der Waals surface area contributed by atoms with E-state index in [-0.39, 0.29) is 0 Å². The number of fused-ring (bicyclic) bond motifs is 1. The molecule has 3 heteroatoms. The van der Waals surface area contributed by atoms with E-state index in [2.05, 4.69) is 32.9 Å². The Morgan fingerprint density at radius 2 is 2.07 bits per heavy atom. The first-order chi connectivity index (χ1) is 7.43. The standard InChI is InChI=1S/C12H9N3/c1-2-7-15-9-10(8-11(15)4-1)12-5-3-6-13-14-12/h1-9H. The minimum atomic E-state index is 0.904. The summed E-state index contributed by atoms with van der Waals surface area (Å²) in [6, 6.07) is 12.1. The molecular formula is C12H9N3. The van der Waals surface area contributed by atoms with Crippen LogP contribution in [0.2, 0.25) is 0 Å². The first-order valence-electron chi connectivity index (χ1n) is 4.78. The molecule has 0 saturated carbocycles. The lowest BCUT2D eigenvalue weighted by Gasteiger charge is -1.91. The van der Waals surface area contributed by atoms with Crippen LogP contribution in [0.1, 0.15) is 0 Å². The molecule has 0 unspecified atom stereocenters. The lowest BCUT2D eigenvalue weighted by atomic mass is 10.2. The highest BCUT2D eigenvalue weighted by Gasteiger charge is 2.02. The Hall–Kier alpha value is -2.16. The highest BCUT2D eigenvalue weighted by Crippen LogP contribution is 2.19. The van der Waals surface area contributed by atoms with Crippen molar-refractivity contribution >= 4 is 5.52 Å². The number of hydrogen-bond acceptors (Lipinski definition) is 2. The third-order valence-electron chi connectivity index (χ3n) is 2.37. The maximum absolute atomic E-state index is 4.08. The largest absolute Gasteiger partial charge is 0.323 e. The minimum Gasteiger partial charge on any atom is -0.323 e. The van der Waals surface area contributed by atoms with Gasteiger partial charge in [0.05, 0.1) is 5.69 Å². The van der Waals surface area contributed by atoms with Gasteiger partial charge in [-0.1, -0.05) is 6.07 Å². The fraction of sp³-hybridized carbons (Fsp3) is 0. The van der Waals surface area contributed by atoms with E-state index in [0.29, 0.717) is 0 Å². The Balaban J connectivity index is 2.21. The number of hydrogen-bond donors (Lipinski definition) is 0. The first-order valence-corrected chi connectivity index (χ1v) is 4.78. The van der Waals surface area contributed by atoms with Crippen LogP contribution in [0.15, 0.2) is 55.0 Å². The van der Waals surface area contributed by atoms with Gasteiger partial charge < -0.3 is 4.40 Å². The van der Waals surface area contributed by atoms with Gasteiger partial charge in [-0.3, -0.25) is 0 Å². The molecule has 0 atom stereocenters. The molecule has 0 aliphatic carbocycles. The summed E-state index contributed by atoms with van der Waals surface area (Å²) in [5, 5.41) is 7.95. The summed E-state index contributed by atoms with van der Waals surface area (Å²) in [5.74, 6) is 0. The highest BCUT2D eigenvalue weighted by molar-refractivity contribution is 5.67. The molecule has 3 rings (SSSR count). The molecule has 0 bridgehead atoms. The van der Waals surface area contributed by atoms with Crippen molar-refractivity contribution in [2.45, 2.75) is 0 Å². The zero-order valence-corrected chi connectivity index (χ0v) is 8.04. The minimum absolute atomic E-state index is 0.904. The second-order valence-electron chi connectivity index (χ2n) is 3.37. The van der Waals surface area contributed by atoms with E-state index in [0.717, 1.165) is 16.8 Å². The van der Waals surface area contributed by atoms with Gasteiger partial charge in [-0.15, -0.1) is 0 Å². The van der Waals surface area contributed by atoms with Crippen LogP contribution in [0.25, 0.3) is 16.8 Å². The molecule has 0 N–H and O–H groups in total. The zero-order valence-electron chi connectivity index (χ0n) is 8.04. The third-order valence-corrected chi connectivity index (χ3v) is 2.37. The van der Waals surface area contributed by atoms with E-state index in [9.17, 15) is 0 Å². The molecule has 3 nitrogen and oxygen atoms in total. The van der Waals surface area contributed by atoms with E-state index in [1.54, 1.807) is 6.20 Å². The molecule has 0 fully saturated rings. The van der Waals surface area contributed by atoms with Crippen molar-refractivity contribution in [1.29, 1.82) is 0 Å². The fourth-order valence-electron chi connectivity index (χ4n) is 1.65.